The molecule has 2 aromatic carbocycles. The van der Waals surface area contributed by atoms with Crippen LogP contribution in [0.5, 0.6) is 11.5 Å². The van der Waals surface area contributed by atoms with Gasteiger partial charge in [-0.25, -0.2) is 12.8 Å². The second-order valence-corrected chi connectivity index (χ2v) is 8.25. The molecule has 9 heteroatoms. The number of rotatable bonds is 7. The molecule has 1 amide bonds. The Bertz CT molecular complexity index is 952. The Balaban J connectivity index is 1.54. The maximum Gasteiger partial charge on any atom is 0.276 e. The monoisotopic (exact) mass is 420 g/mol. The molecule has 1 fully saturated rings. The molecule has 1 aliphatic heterocycles. The number of piperidine rings is 1. The molecule has 1 N–H and O–H groups in total. The molecule has 7 nitrogen and oxygen atoms in total. The Labute approximate surface area is 168 Å². The van der Waals surface area contributed by atoms with Crippen LogP contribution in [-0.2, 0) is 14.8 Å². The van der Waals surface area contributed by atoms with Gasteiger partial charge in [-0.05, 0) is 49.2 Å². The molecular weight excluding hydrogens is 399 g/mol. The predicted octanol–water partition coefficient (Wildman–Crippen LogP) is 2.81. The largest absolute Gasteiger partial charge is 0.463 e. The first kappa shape index (κ1) is 20.8. The van der Waals surface area contributed by atoms with Gasteiger partial charge in [0.2, 0.25) is 16.9 Å². The number of sulfonamides is 1. The van der Waals surface area contributed by atoms with E-state index in [1.807, 2.05) is 6.07 Å². The molecule has 0 aliphatic carbocycles. The molecule has 2 aromatic rings. The quantitative estimate of drug-likeness (QED) is 0.550. The highest BCUT2D eigenvalue weighted by molar-refractivity contribution is 7.89. The van der Waals surface area contributed by atoms with Gasteiger partial charge in [0.05, 0.1) is 4.90 Å². The number of para-hydroxylation sites is 1. The minimum atomic E-state index is -3.66. The van der Waals surface area contributed by atoms with Crippen LogP contribution < -0.4 is 15.1 Å². The molecule has 0 aromatic heterocycles. The number of nitrogens with zero attached hydrogens (tertiary/aromatic N) is 1. The first-order valence-corrected chi connectivity index (χ1v) is 10.4. The number of amides is 1. The van der Waals surface area contributed by atoms with Crippen molar-refractivity contribution in [1.82, 2.24) is 9.79 Å². The zero-order valence-electron chi connectivity index (χ0n) is 15.6. The average molecular weight is 420 g/mol. The van der Waals surface area contributed by atoms with Crippen LogP contribution in [0.1, 0.15) is 12.8 Å². The number of nitrogens with one attached hydrogen (secondary N) is 1. The lowest BCUT2D eigenvalue weighted by molar-refractivity contribution is -0.122. The number of carbonyl (C=O) groups excluding carboxylic acids is 1. The fraction of sp³-hybridized carbons (Fsp3) is 0.250. The summed E-state index contributed by atoms with van der Waals surface area (Å²) in [5, 5.41) is 0. The molecule has 29 heavy (non-hydrogen) atoms. The zero-order chi connectivity index (χ0) is 20.7. The van der Waals surface area contributed by atoms with Crippen LogP contribution in [0.3, 0.4) is 0 Å². The van der Waals surface area contributed by atoms with E-state index >= 15 is 0 Å². The zero-order valence-corrected chi connectivity index (χ0v) is 16.4. The highest BCUT2D eigenvalue weighted by Crippen LogP contribution is 2.24. The van der Waals surface area contributed by atoms with Crippen molar-refractivity contribution in [3.8, 4) is 11.5 Å². The van der Waals surface area contributed by atoms with Crippen LogP contribution in [0, 0.1) is 0 Å². The smallest absolute Gasteiger partial charge is 0.276 e. The van der Waals surface area contributed by atoms with Crippen molar-refractivity contribution in [1.29, 1.82) is 0 Å². The standard InChI is InChI=1S/C20H21FN2O5S/c21-15-27-17-6-8-19(9-7-17)29(25,26)23-12-10-16(11-13-23)14-20(24)22-28-18-4-2-1-3-5-18/h1-9,14H,10-13,15H2,(H,22,24). The van der Waals surface area contributed by atoms with Gasteiger partial charge in [-0.1, -0.05) is 23.8 Å². The molecule has 0 unspecified atom stereocenters. The van der Waals surface area contributed by atoms with Crippen molar-refractivity contribution < 1.29 is 27.2 Å². The summed E-state index contributed by atoms with van der Waals surface area (Å²) in [6.07, 6.45) is 2.33. The number of halogens is 1. The lowest BCUT2D eigenvalue weighted by Gasteiger charge is -2.27. The number of hydroxylamine groups is 1. The Morgan fingerprint density at radius 1 is 1.03 bits per heavy atom. The second-order valence-electron chi connectivity index (χ2n) is 6.31. The summed E-state index contributed by atoms with van der Waals surface area (Å²) in [5.41, 5.74) is 3.19. The van der Waals surface area contributed by atoms with Crippen molar-refractivity contribution in [2.24, 2.45) is 0 Å². The van der Waals surface area contributed by atoms with E-state index in [4.69, 9.17) is 4.84 Å². The second kappa shape index (κ2) is 9.53. The third-order valence-electron chi connectivity index (χ3n) is 4.40. The Morgan fingerprint density at radius 2 is 1.69 bits per heavy atom. The van der Waals surface area contributed by atoms with E-state index in [0.717, 1.165) is 5.57 Å². The Kier molecular flexibility index (Phi) is 6.84. The third kappa shape index (κ3) is 5.55. The van der Waals surface area contributed by atoms with Crippen LogP contribution in [0.15, 0.2) is 71.1 Å². The summed E-state index contributed by atoms with van der Waals surface area (Å²) >= 11 is 0. The van der Waals surface area contributed by atoms with Crippen molar-refractivity contribution in [2.45, 2.75) is 17.7 Å². The van der Waals surface area contributed by atoms with E-state index in [1.54, 1.807) is 24.3 Å². The summed E-state index contributed by atoms with van der Waals surface area (Å²) in [7, 11) is -3.66. The van der Waals surface area contributed by atoms with E-state index in [0.29, 0.717) is 18.6 Å². The van der Waals surface area contributed by atoms with Gasteiger partial charge in [-0.3, -0.25) is 4.79 Å². The van der Waals surface area contributed by atoms with Crippen LogP contribution in [0.25, 0.3) is 0 Å². The highest BCUT2D eigenvalue weighted by Gasteiger charge is 2.27. The van der Waals surface area contributed by atoms with Crippen LogP contribution in [-0.4, -0.2) is 38.6 Å². The number of benzene rings is 2. The lowest BCUT2D eigenvalue weighted by Crippen LogP contribution is -2.36. The number of ether oxygens (including phenoxy) is 1. The number of hydrogen-bond donors (Lipinski definition) is 1. The maximum atomic E-state index is 12.7. The molecule has 0 radical (unpaired) electrons. The molecule has 0 bridgehead atoms. The van der Waals surface area contributed by atoms with Gasteiger partial charge in [-0.15, -0.1) is 0 Å². The summed E-state index contributed by atoms with van der Waals surface area (Å²) in [6, 6.07) is 14.5. The number of carbonyl (C=O) groups is 1. The maximum absolute atomic E-state index is 12.7. The van der Waals surface area contributed by atoms with Crippen molar-refractivity contribution >= 4 is 15.9 Å². The highest BCUT2D eigenvalue weighted by atomic mass is 32.2. The third-order valence-corrected chi connectivity index (χ3v) is 6.31. The van der Waals surface area contributed by atoms with E-state index in [9.17, 15) is 17.6 Å². The minimum Gasteiger partial charge on any atom is -0.463 e. The van der Waals surface area contributed by atoms with Gasteiger partial charge in [0.1, 0.15) is 5.75 Å². The summed E-state index contributed by atoms with van der Waals surface area (Å²) in [6.45, 7) is -0.440. The van der Waals surface area contributed by atoms with Gasteiger partial charge in [0, 0.05) is 19.2 Å². The normalized spacial score (nSPS) is 14.9. The molecular formula is C20H21FN2O5S. The van der Waals surface area contributed by atoms with Crippen LogP contribution >= 0.6 is 0 Å². The predicted molar refractivity (Wildman–Crippen MR) is 104 cm³/mol. The summed E-state index contributed by atoms with van der Waals surface area (Å²) < 4.78 is 43.7. The first-order chi connectivity index (χ1) is 14.0. The molecule has 0 atom stereocenters. The molecule has 1 heterocycles. The molecule has 0 spiro atoms. The Morgan fingerprint density at radius 3 is 2.31 bits per heavy atom. The summed E-state index contributed by atoms with van der Waals surface area (Å²) in [4.78, 5) is 17.3. The van der Waals surface area contributed by atoms with Gasteiger partial charge in [0.15, 0.2) is 5.75 Å². The van der Waals surface area contributed by atoms with Gasteiger partial charge < -0.3 is 9.57 Å². The SMILES string of the molecule is O=C(C=C1CCN(S(=O)(=O)c2ccc(OCF)cc2)CC1)NOc1ccccc1. The van der Waals surface area contributed by atoms with Gasteiger partial charge in [-0.2, -0.15) is 9.79 Å². The topological polar surface area (TPSA) is 84.9 Å². The lowest BCUT2D eigenvalue weighted by atomic mass is 10.1. The number of alkyl halides is 1. The van der Waals surface area contributed by atoms with Crippen molar-refractivity contribution in [2.75, 3.05) is 20.0 Å². The fourth-order valence-corrected chi connectivity index (χ4v) is 4.33. The Hall–Kier alpha value is -2.91. The van der Waals surface area contributed by atoms with Crippen LogP contribution in [0.4, 0.5) is 4.39 Å². The van der Waals surface area contributed by atoms with Gasteiger partial charge in [0.25, 0.3) is 5.91 Å². The number of hydrogen-bond acceptors (Lipinski definition) is 5. The van der Waals surface area contributed by atoms with Crippen molar-refractivity contribution in [3.05, 3.63) is 66.2 Å². The minimum absolute atomic E-state index is 0.116. The van der Waals surface area contributed by atoms with E-state index in [-0.39, 0.29) is 23.7 Å². The fourth-order valence-electron chi connectivity index (χ4n) is 2.89. The molecule has 154 valence electrons. The molecule has 1 aliphatic rings. The van der Waals surface area contributed by atoms with Gasteiger partial charge >= 0.3 is 0 Å². The molecule has 3 rings (SSSR count). The van der Waals surface area contributed by atoms with Crippen molar-refractivity contribution in [3.63, 3.8) is 0 Å². The van der Waals surface area contributed by atoms with E-state index < -0.39 is 22.8 Å². The average Bonchev–Trinajstić information content (AvgIpc) is 2.74. The molecule has 1 saturated heterocycles. The first-order valence-electron chi connectivity index (χ1n) is 8.99. The summed E-state index contributed by atoms with van der Waals surface area (Å²) in [5.74, 6) is 0.380. The van der Waals surface area contributed by atoms with Crippen LogP contribution in [0.2, 0.25) is 0 Å². The molecule has 0 saturated carbocycles. The van der Waals surface area contributed by atoms with E-state index in [1.165, 1.54) is 34.6 Å². The van der Waals surface area contributed by atoms with E-state index in [2.05, 4.69) is 10.2 Å².